The first-order chi connectivity index (χ1) is 4.43. The SMILES string of the molecule is CCC=C1CNCCN1. The first-order valence-electron chi connectivity index (χ1n) is 3.57. The Labute approximate surface area is 56.3 Å². The van der Waals surface area contributed by atoms with Crippen LogP contribution in [0.3, 0.4) is 0 Å². The highest BCUT2D eigenvalue weighted by atomic mass is 15.0. The van der Waals surface area contributed by atoms with Gasteiger partial charge in [0.1, 0.15) is 0 Å². The molecule has 0 aromatic heterocycles. The van der Waals surface area contributed by atoms with Crippen LogP contribution in [0.15, 0.2) is 11.8 Å². The van der Waals surface area contributed by atoms with Crippen molar-refractivity contribution >= 4 is 0 Å². The normalized spacial score (nSPS) is 23.9. The largest absolute Gasteiger partial charge is 0.386 e. The third kappa shape index (κ3) is 2.06. The molecule has 0 unspecified atom stereocenters. The van der Waals surface area contributed by atoms with Crippen LogP contribution in [-0.2, 0) is 0 Å². The summed E-state index contributed by atoms with van der Waals surface area (Å²) in [6, 6.07) is 0. The van der Waals surface area contributed by atoms with E-state index in [9.17, 15) is 0 Å². The van der Waals surface area contributed by atoms with Crippen LogP contribution in [0.2, 0.25) is 0 Å². The van der Waals surface area contributed by atoms with Crippen LogP contribution in [0, 0.1) is 0 Å². The molecular weight excluding hydrogens is 112 g/mol. The molecule has 1 heterocycles. The van der Waals surface area contributed by atoms with E-state index in [1.54, 1.807) is 0 Å². The standard InChI is InChI=1S/C7H14N2/c1-2-3-7-6-8-4-5-9-7/h3,8-9H,2,4-6H2,1H3. The monoisotopic (exact) mass is 126 g/mol. The summed E-state index contributed by atoms with van der Waals surface area (Å²) in [6.07, 6.45) is 3.36. The summed E-state index contributed by atoms with van der Waals surface area (Å²) in [6.45, 7) is 5.35. The first-order valence-corrected chi connectivity index (χ1v) is 3.57. The topological polar surface area (TPSA) is 24.1 Å². The minimum Gasteiger partial charge on any atom is -0.386 e. The summed E-state index contributed by atoms with van der Waals surface area (Å²) >= 11 is 0. The fourth-order valence-electron chi connectivity index (χ4n) is 0.988. The molecule has 1 aliphatic rings. The summed E-state index contributed by atoms with van der Waals surface area (Å²) in [4.78, 5) is 0. The van der Waals surface area contributed by atoms with Gasteiger partial charge in [-0.1, -0.05) is 13.0 Å². The molecule has 2 N–H and O–H groups in total. The zero-order valence-corrected chi connectivity index (χ0v) is 5.91. The van der Waals surface area contributed by atoms with E-state index >= 15 is 0 Å². The highest BCUT2D eigenvalue weighted by molar-refractivity contribution is 5.03. The number of nitrogens with one attached hydrogen (secondary N) is 2. The Balaban J connectivity index is 2.30. The molecule has 1 saturated heterocycles. The second-order valence-corrected chi connectivity index (χ2v) is 2.24. The van der Waals surface area contributed by atoms with E-state index in [1.807, 2.05) is 0 Å². The molecule has 1 fully saturated rings. The van der Waals surface area contributed by atoms with Gasteiger partial charge < -0.3 is 10.6 Å². The van der Waals surface area contributed by atoms with E-state index in [0.717, 1.165) is 26.1 Å². The van der Waals surface area contributed by atoms with E-state index in [2.05, 4.69) is 23.6 Å². The van der Waals surface area contributed by atoms with Crippen LogP contribution in [0.1, 0.15) is 13.3 Å². The Morgan fingerprint density at radius 2 is 2.44 bits per heavy atom. The summed E-state index contributed by atoms with van der Waals surface area (Å²) < 4.78 is 0. The van der Waals surface area contributed by atoms with Crippen LogP contribution < -0.4 is 10.6 Å². The van der Waals surface area contributed by atoms with Gasteiger partial charge in [0.05, 0.1) is 0 Å². The van der Waals surface area contributed by atoms with E-state index in [1.165, 1.54) is 5.70 Å². The molecule has 2 nitrogen and oxygen atoms in total. The van der Waals surface area contributed by atoms with Gasteiger partial charge in [0, 0.05) is 25.3 Å². The average molecular weight is 126 g/mol. The predicted molar refractivity (Wildman–Crippen MR) is 39.2 cm³/mol. The van der Waals surface area contributed by atoms with Crippen molar-refractivity contribution in [2.75, 3.05) is 19.6 Å². The van der Waals surface area contributed by atoms with Gasteiger partial charge in [-0.15, -0.1) is 0 Å². The van der Waals surface area contributed by atoms with Gasteiger partial charge in [0.15, 0.2) is 0 Å². The van der Waals surface area contributed by atoms with Crippen molar-refractivity contribution in [3.63, 3.8) is 0 Å². The lowest BCUT2D eigenvalue weighted by molar-refractivity contribution is 0.595. The summed E-state index contributed by atoms with van der Waals surface area (Å²) in [5.41, 5.74) is 1.35. The van der Waals surface area contributed by atoms with Crippen LogP contribution >= 0.6 is 0 Å². The van der Waals surface area contributed by atoms with Crippen LogP contribution in [-0.4, -0.2) is 19.6 Å². The number of allylic oxidation sites excluding steroid dienone is 1. The predicted octanol–water partition coefficient (Wildman–Crippen LogP) is 0.473. The molecule has 0 aliphatic carbocycles. The first kappa shape index (κ1) is 6.62. The third-order valence-electron chi connectivity index (χ3n) is 1.42. The fraction of sp³-hybridized carbons (Fsp3) is 0.714. The van der Waals surface area contributed by atoms with Gasteiger partial charge in [-0.25, -0.2) is 0 Å². The molecule has 0 aromatic rings. The number of hydrogen-bond donors (Lipinski definition) is 2. The van der Waals surface area contributed by atoms with Gasteiger partial charge in [-0.05, 0) is 6.42 Å². The minimum absolute atomic E-state index is 1.02. The van der Waals surface area contributed by atoms with Gasteiger partial charge in [-0.3, -0.25) is 0 Å². The second kappa shape index (κ2) is 3.51. The summed E-state index contributed by atoms with van der Waals surface area (Å²) in [7, 11) is 0. The zero-order valence-electron chi connectivity index (χ0n) is 5.91. The van der Waals surface area contributed by atoms with E-state index in [-0.39, 0.29) is 0 Å². The molecule has 0 atom stereocenters. The summed E-state index contributed by atoms with van der Waals surface area (Å²) in [5.74, 6) is 0. The molecule has 2 heteroatoms. The van der Waals surface area contributed by atoms with Crippen molar-refractivity contribution in [1.82, 2.24) is 10.6 Å². The van der Waals surface area contributed by atoms with Crippen LogP contribution in [0.5, 0.6) is 0 Å². The molecule has 1 aliphatic heterocycles. The molecule has 9 heavy (non-hydrogen) atoms. The van der Waals surface area contributed by atoms with Gasteiger partial charge in [0.2, 0.25) is 0 Å². The maximum Gasteiger partial charge on any atom is 0.0351 e. The zero-order chi connectivity index (χ0) is 6.53. The maximum atomic E-state index is 3.32. The van der Waals surface area contributed by atoms with Crippen molar-refractivity contribution in [2.45, 2.75) is 13.3 Å². The number of rotatable bonds is 1. The highest BCUT2D eigenvalue weighted by Crippen LogP contribution is 1.92. The van der Waals surface area contributed by atoms with Gasteiger partial charge in [0.25, 0.3) is 0 Å². The van der Waals surface area contributed by atoms with E-state index in [0.29, 0.717) is 0 Å². The molecule has 52 valence electrons. The molecular formula is C7H14N2. The third-order valence-corrected chi connectivity index (χ3v) is 1.42. The second-order valence-electron chi connectivity index (χ2n) is 2.24. The minimum atomic E-state index is 1.02. The summed E-state index contributed by atoms with van der Waals surface area (Å²) in [5, 5.41) is 6.61. The Kier molecular flexibility index (Phi) is 2.58. The van der Waals surface area contributed by atoms with E-state index < -0.39 is 0 Å². The lowest BCUT2D eigenvalue weighted by atomic mass is 10.3. The van der Waals surface area contributed by atoms with Crippen LogP contribution in [0.25, 0.3) is 0 Å². The van der Waals surface area contributed by atoms with Crippen LogP contribution in [0.4, 0.5) is 0 Å². The Morgan fingerprint density at radius 3 is 3.00 bits per heavy atom. The van der Waals surface area contributed by atoms with E-state index in [4.69, 9.17) is 0 Å². The van der Waals surface area contributed by atoms with Crippen molar-refractivity contribution in [2.24, 2.45) is 0 Å². The van der Waals surface area contributed by atoms with Crippen molar-refractivity contribution < 1.29 is 0 Å². The fourth-order valence-corrected chi connectivity index (χ4v) is 0.988. The quantitative estimate of drug-likeness (QED) is 0.534. The lowest BCUT2D eigenvalue weighted by Crippen LogP contribution is -2.37. The average Bonchev–Trinajstić information content (AvgIpc) is 1.91. The van der Waals surface area contributed by atoms with Crippen molar-refractivity contribution in [1.29, 1.82) is 0 Å². The van der Waals surface area contributed by atoms with Crippen molar-refractivity contribution in [3.05, 3.63) is 11.8 Å². The number of piperazine rings is 1. The van der Waals surface area contributed by atoms with Gasteiger partial charge in [-0.2, -0.15) is 0 Å². The molecule has 0 radical (unpaired) electrons. The smallest absolute Gasteiger partial charge is 0.0351 e. The molecule has 1 rings (SSSR count). The number of hydrogen-bond acceptors (Lipinski definition) is 2. The molecule has 0 spiro atoms. The molecule has 0 aromatic carbocycles. The Hall–Kier alpha value is -0.500. The lowest BCUT2D eigenvalue weighted by Gasteiger charge is -2.17. The maximum absolute atomic E-state index is 3.32. The molecule has 0 amide bonds. The Morgan fingerprint density at radius 1 is 1.56 bits per heavy atom. The Bertz CT molecular complexity index is 99.5. The van der Waals surface area contributed by atoms with Gasteiger partial charge >= 0.3 is 0 Å². The molecule has 0 saturated carbocycles. The highest BCUT2D eigenvalue weighted by Gasteiger charge is 1.99. The van der Waals surface area contributed by atoms with Crippen molar-refractivity contribution in [3.8, 4) is 0 Å². The molecule has 0 bridgehead atoms.